The zero-order valence-electron chi connectivity index (χ0n) is 13.7. The molecular weight excluding hydrogens is 306 g/mol. The van der Waals surface area contributed by atoms with Gasteiger partial charge in [-0.2, -0.15) is 4.98 Å². The highest BCUT2D eigenvalue weighted by Gasteiger charge is 2.31. The van der Waals surface area contributed by atoms with Crippen LogP contribution >= 0.6 is 0 Å². The lowest BCUT2D eigenvalue weighted by Crippen LogP contribution is -2.35. The monoisotopic (exact) mass is 327 g/mol. The maximum absolute atomic E-state index is 12.4. The molecule has 6 nitrogen and oxygen atoms in total. The van der Waals surface area contributed by atoms with E-state index in [1.807, 2.05) is 12.1 Å². The van der Waals surface area contributed by atoms with E-state index >= 15 is 0 Å². The fourth-order valence-electron chi connectivity index (χ4n) is 2.83. The molecule has 2 aliphatic carbocycles. The second-order valence-corrected chi connectivity index (χ2v) is 6.90. The summed E-state index contributed by atoms with van der Waals surface area (Å²) in [6, 6.07) is 7.17. The minimum Gasteiger partial charge on any atom is -0.391 e. The zero-order chi connectivity index (χ0) is 16.7. The summed E-state index contributed by atoms with van der Waals surface area (Å²) in [6.07, 6.45) is 3.96. The van der Waals surface area contributed by atoms with Crippen molar-refractivity contribution in [3.63, 3.8) is 0 Å². The van der Waals surface area contributed by atoms with E-state index in [2.05, 4.69) is 10.1 Å². The van der Waals surface area contributed by atoms with Gasteiger partial charge in [-0.1, -0.05) is 5.16 Å². The minimum atomic E-state index is -0.419. The van der Waals surface area contributed by atoms with Crippen molar-refractivity contribution >= 4 is 5.91 Å². The highest BCUT2D eigenvalue weighted by molar-refractivity contribution is 5.94. The molecule has 1 N–H and O–H groups in total. The molecule has 126 valence electrons. The van der Waals surface area contributed by atoms with Crippen molar-refractivity contribution in [2.45, 2.75) is 37.7 Å². The van der Waals surface area contributed by atoms with Crippen molar-refractivity contribution in [2.75, 3.05) is 13.6 Å². The Bertz CT molecular complexity index is 732. The number of amides is 1. The van der Waals surface area contributed by atoms with Crippen molar-refractivity contribution in [1.29, 1.82) is 0 Å². The van der Waals surface area contributed by atoms with Gasteiger partial charge in [0.2, 0.25) is 0 Å². The summed E-state index contributed by atoms with van der Waals surface area (Å²) >= 11 is 0. The van der Waals surface area contributed by atoms with Crippen molar-refractivity contribution in [1.82, 2.24) is 15.0 Å². The molecule has 2 saturated carbocycles. The van der Waals surface area contributed by atoms with E-state index in [0.29, 0.717) is 29.8 Å². The molecule has 0 aliphatic heterocycles. The molecule has 0 saturated heterocycles. The number of hydrogen-bond acceptors (Lipinski definition) is 5. The predicted octanol–water partition coefficient (Wildman–Crippen LogP) is 2.46. The van der Waals surface area contributed by atoms with E-state index in [1.54, 1.807) is 24.1 Å². The van der Waals surface area contributed by atoms with E-state index in [-0.39, 0.29) is 5.91 Å². The van der Waals surface area contributed by atoms with Gasteiger partial charge in [-0.05, 0) is 55.9 Å². The predicted molar refractivity (Wildman–Crippen MR) is 87.4 cm³/mol. The first kappa shape index (κ1) is 15.3. The number of aliphatic hydroxyl groups is 1. The molecule has 1 heterocycles. The van der Waals surface area contributed by atoms with E-state index in [4.69, 9.17) is 4.52 Å². The Hall–Kier alpha value is -2.21. The standard InChI is InChI=1S/C18H21N3O3/c1-21(10-15(22)11-2-3-11)18(23)14-8-6-13(7-9-14)17-19-16(20-24-17)12-4-5-12/h6-9,11-12,15,22H,2-5,10H2,1H3/t15-/m1/s1. The highest BCUT2D eigenvalue weighted by atomic mass is 16.5. The summed E-state index contributed by atoms with van der Waals surface area (Å²) in [5.41, 5.74) is 1.40. The summed E-state index contributed by atoms with van der Waals surface area (Å²) < 4.78 is 5.30. The average Bonchev–Trinajstić information content (AvgIpc) is 3.52. The third-order valence-corrected chi connectivity index (χ3v) is 4.74. The zero-order valence-corrected chi connectivity index (χ0v) is 13.7. The molecule has 1 aromatic carbocycles. The van der Waals surface area contributed by atoms with E-state index < -0.39 is 6.10 Å². The molecular formula is C18H21N3O3. The second kappa shape index (κ2) is 6.02. The molecule has 0 spiro atoms. The summed E-state index contributed by atoms with van der Waals surface area (Å²) in [6.45, 7) is 0.375. The Morgan fingerprint density at radius 2 is 2.00 bits per heavy atom. The van der Waals surface area contributed by atoms with Crippen LogP contribution < -0.4 is 0 Å². The van der Waals surface area contributed by atoms with Crippen molar-refractivity contribution in [3.05, 3.63) is 35.7 Å². The van der Waals surface area contributed by atoms with E-state index in [0.717, 1.165) is 37.1 Å². The van der Waals surface area contributed by atoms with Crippen LogP contribution in [0.4, 0.5) is 0 Å². The van der Waals surface area contributed by atoms with Gasteiger partial charge >= 0.3 is 0 Å². The van der Waals surface area contributed by atoms with Gasteiger partial charge in [-0.15, -0.1) is 0 Å². The van der Waals surface area contributed by atoms with Gasteiger partial charge in [0.05, 0.1) is 6.10 Å². The quantitative estimate of drug-likeness (QED) is 0.881. The number of aromatic nitrogens is 2. The average molecular weight is 327 g/mol. The van der Waals surface area contributed by atoms with Crippen LogP contribution in [0.5, 0.6) is 0 Å². The molecule has 6 heteroatoms. The highest BCUT2D eigenvalue weighted by Crippen LogP contribution is 2.38. The van der Waals surface area contributed by atoms with Crippen LogP contribution in [0.3, 0.4) is 0 Å². The Kier molecular flexibility index (Phi) is 3.84. The fraction of sp³-hybridized carbons (Fsp3) is 0.500. The molecule has 1 atom stereocenters. The van der Waals surface area contributed by atoms with Crippen LogP contribution in [0.2, 0.25) is 0 Å². The first-order valence-electron chi connectivity index (χ1n) is 8.49. The van der Waals surface area contributed by atoms with Gasteiger partial charge in [0.15, 0.2) is 5.82 Å². The largest absolute Gasteiger partial charge is 0.391 e. The van der Waals surface area contributed by atoms with E-state index in [1.165, 1.54) is 0 Å². The lowest BCUT2D eigenvalue weighted by molar-refractivity contribution is 0.0645. The molecule has 0 bridgehead atoms. The molecule has 4 rings (SSSR count). The first-order valence-corrected chi connectivity index (χ1v) is 8.49. The third-order valence-electron chi connectivity index (χ3n) is 4.74. The summed E-state index contributed by atoms with van der Waals surface area (Å²) in [5, 5.41) is 14.0. The van der Waals surface area contributed by atoms with Crippen LogP contribution in [-0.2, 0) is 0 Å². The van der Waals surface area contributed by atoms with Crippen molar-refractivity contribution < 1.29 is 14.4 Å². The van der Waals surface area contributed by atoms with Crippen LogP contribution in [0.1, 0.15) is 47.8 Å². The van der Waals surface area contributed by atoms with Crippen LogP contribution in [0.15, 0.2) is 28.8 Å². The van der Waals surface area contributed by atoms with E-state index in [9.17, 15) is 9.90 Å². The fourth-order valence-corrected chi connectivity index (χ4v) is 2.83. The van der Waals surface area contributed by atoms with Crippen LogP contribution in [0.25, 0.3) is 11.5 Å². The number of aliphatic hydroxyl groups excluding tert-OH is 1. The van der Waals surface area contributed by atoms with Crippen molar-refractivity contribution in [2.24, 2.45) is 5.92 Å². The van der Waals surface area contributed by atoms with Gasteiger partial charge < -0.3 is 14.5 Å². The number of nitrogens with zero attached hydrogens (tertiary/aromatic N) is 3. The Morgan fingerprint density at radius 3 is 2.62 bits per heavy atom. The maximum Gasteiger partial charge on any atom is 0.257 e. The summed E-state index contributed by atoms with van der Waals surface area (Å²) in [4.78, 5) is 18.4. The SMILES string of the molecule is CN(C[C@@H](O)C1CC1)C(=O)c1ccc(-c2nc(C3CC3)no2)cc1. The first-order chi connectivity index (χ1) is 11.6. The topological polar surface area (TPSA) is 79.5 Å². The van der Waals surface area contributed by atoms with Gasteiger partial charge in [0.1, 0.15) is 0 Å². The third kappa shape index (κ3) is 3.19. The lowest BCUT2D eigenvalue weighted by atomic mass is 10.1. The van der Waals surface area contributed by atoms with Crippen molar-refractivity contribution in [3.8, 4) is 11.5 Å². The van der Waals surface area contributed by atoms with Gasteiger partial charge in [-0.3, -0.25) is 4.79 Å². The van der Waals surface area contributed by atoms with Crippen LogP contribution in [-0.4, -0.2) is 45.8 Å². The number of benzene rings is 1. The molecule has 2 fully saturated rings. The molecule has 24 heavy (non-hydrogen) atoms. The number of rotatable bonds is 6. The lowest BCUT2D eigenvalue weighted by Gasteiger charge is -2.20. The number of hydrogen-bond donors (Lipinski definition) is 1. The molecule has 2 aliphatic rings. The normalized spacial score (nSPS) is 18.4. The number of carbonyl (C=O) groups excluding carboxylic acids is 1. The molecule has 1 amide bonds. The minimum absolute atomic E-state index is 0.0922. The molecule has 2 aromatic rings. The molecule has 0 unspecified atom stereocenters. The van der Waals surface area contributed by atoms with Gasteiger partial charge in [0, 0.05) is 30.6 Å². The smallest absolute Gasteiger partial charge is 0.257 e. The number of likely N-dealkylation sites (N-methyl/N-ethyl adjacent to an activating group) is 1. The summed E-state index contributed by atoms with van der Waals surface area (Å²) in [7, 11) is 1.72. The summed E-state index contributed by atoms with van der Waals surface area (Å²) in [5.74, 6) is 1.99. The number of carbonyl (C=O) groups is 1. The second-order valence-electron chi connectivity index (χ2n) is 6.90. The Balaban J connectivity index is 1.42. The van der Waals surface area contributed by atoms with Gasteiger partial charge in [0.25, 0.3) is 11.8 Å². The molecule has 1 aromatic heterocycles. The Morgan fingerprint density at radius 1 is 1.29 bits per heavy atom. The maximum atomic E-state index is 12.4. The van der Waals surface area contributed by atoms with Gasteiger partial charge in [-0.25, -0.2) is 0 Å². The van der Waals surface area contributed by atoms with Crippen LogP contribution in [0, 0.1) is 5.92 Å². The molecule has 0 radical (unpaired) electrons. The Labute approximate surface area is 140 Å².